The molecule has 0 heterocycles. The first-order chi connectivity index (χ1) is 5.12. The first-order valence-corrected chi connectivity index (χ1v) is 5.20. The fourth-order valence-corrected chi connectivity index (χ4v) is 4.15. The Bertz CT molecular complexity index is 209. The minimum absolute atomic E-state index is 0.562. The quantitative estimate of drug-likeness (QED) is 0.491. The van der Waals surface area contributed by atoms with Gasteiger partial charge in [0, 0.05) is 5.38 Å². The van der Waals surface area contributed by atoms with Crippen molar-refractivity contribution in [3.05, 3.63) is 0 Å². The highest BCUT2D eigenvalue weighted by atomic mass is 35.5. The molecule has 4 aliphatic carbocycles. The topological polar surface area (TPSA) is 0 Å². The van der Waals surface area contributed by atoms with E-state index < -0.39 is 0 Å². The van der Waals surface area contributed by atoms with Gasteiger partial charge in [-0.2, -0.15) is 0 Å². The van der Waals surface area contributed by atoms with E-state index in [0.717, 1.165) is 23.7 Å². The van der Waals surface area contributed by atoms with E-state index in [4.69, 9.17) is 11.6 Å². The lowest BCUT2D eigenvalue weighted by Crippen LogP contribution is -2.49. The van der Waals surface area contributed by atoms with Crippen molar-refractivity contribution >= 4 is 11.6 Å². The number of hydrogen-bond donors (Lipinski definition) is 0. The maximum atomic E-state index is 6.21. The monoisotopic (exact) mass is 170 g/mol. The SMILES string of the molecule is CC1(C)[C@@H]2C[C@H]3[C@H](Cl)[C@H]3[C@H]1C2. The van der Waals surface area contributed by atoms with Crippen LogP contribution in [0.25, 0.3) is 0 Å². The van der Waals surface area contributed by atoms with Crippen molar-refractivity contribution in [1.82, 2.24) is 0 Å². The standard InChI is InChI=1S/C10H15Cl/c1-10(2)5-3-6-8(9(6)11)7(10)4-5/h5-9H,3-4H2,1-2H3/t5-,6-,7-,8-,9+/m1/s1. The maximum Gasteiger partial charge on any atom is 0.0401 e. The lowest BCUT2D eigenvalue weighted by molar-refractivity contribution is -0.0732. The molecule has 11 heavy (non-hydrogen) atoms. The largest absolute Gasteiger partial charge is 0.122 e. The van der Waals surface area contributed by atoms with Crippen LogP contribution >= 0.6 is 11.6 Å². The summed E-state index contributed by atoms with van der Waals surface area (Å²) < 4.78 is 0. The molecule has 0 radical (unpaired) electrons. The van der Waals surface area contributed by atoms with Crippen molar-refractivity contribution in [2.24, 2.45) is 29.1 Å². The van der Waals surface area contributed by atoms with Crippen molar-refractivity contribution in [3.8, 4) is 0 Å². The van der Waals surface area contributed by atoms with E-state index in [9.17, 15) is 0 Å². The van der Waals surface area contributed by atoms with E-state index >= 15 is 0 Å². The summed E-state index contributed by atoms with van der Waals surface area (Å²) in [4.78, 5) is 0. The first kappa shape index (κ1) is 6.77. The van der Waals surface area contributed by atoms with Crippen LogP contribution in [0.3, 0.4) is 0 Å². The van der Waals surface area contributed by atoms with Gasteiger partial charge in [-0.3, -0.25) is 0 Å². The van der Waals surface area contributed by atoms with Crippen LogP contribution in [-0.4, -0.2) is 5.38 Å². The number of hydrogen-bond acceptors (Lipinski definition) is 0. The molecule has 0 amide bonds. The van der Waals surface area contributed by atoms with Gasteiger partial charge in [0.25, 0.3) is 0 Å². The number of halogens is 1. The first-order valence-electron chi connectivity index (χ1n) is 4.76. The van der Waals surface area contributed by atoms with Gasteiger partial charge in [-0.05, 0) is 41.9 Å². The van der Waals surface area contributed by atoms with Gasteiger partial charge < -0.3 is 0 Å². The summed E-state index contributed by atoms with van der Waals surface area (Å²) in [6.07, 6.45) is 2.92. The summed E-state index contributed by atoms with van der Waals surface area (Å²) >= 11 is 6.21. The minimum Gasteiger partial charge on any atom is -0.122 e. The average Bonchev–Trinajstić information content (AvgIpc) is 2.63. The zero-order valence-corrected chi connectivity index (χ0v) is 7.93. The van der Waals surface area contributed by atoms with E-state index in [-0.39, 0.29) is 0 Å². The van der Waals surface area contributed by atoms with Crippen LogP contribution in [0.15, 0.2) is 0 Å². The second-order valence-electron chi connectivity index (χ2n) is 5.28. The summed E-state index contributed by atoms with van der Waals surface area (Å²) in [5, 5.41) is 0.562. The van der Waals surface area contributed by atoms with Gasteiger partial charge in [0.15, 0.2) is 0 Å². The van der Waals surface area contributed by atoms with Crippen molar-refractivity contribution in [2.45, 2.75) is 32.1 Å². The molecular formula is C10H15Cl. The smallest absolute Gasteiger partial charge is 0.0401 e. The molecule has 0 aliphatic heterocycles. The van der Waals surface area contributed by atoms with E-state index in [2.05, 4.69) is 13.8 Å². The molecule has 0 unspecified atom stereocenters. The number of alkyl halides is 1. The van der Waals surface area contributed by atoms with Crippen molar-refractivity contribution in [1.29, 1.82) is 0 Å². The molecule has 1 heteroatoms. The predicted molar refractivity (Wildman–Crippen MR) is 46.6 cm³/mol. The minimum atomic E-state index is 0.562. The predicted octanol–water partition coefficient (Wildman–Crippen LogP) is 2.91. The summed E-state index contributed by atoms with van der Waals surface area (Å²) in [6.45, 7) is 4.87. The van der Waals surface area contributed by atoms with Gasteiger partial charge in [0.1, 0.15) is 0 Å². The molecule has 0 aromatic heterocycles. The third kappa shape index (κ3) is 0.601. The summed E-state index contributed by atoms with van der Waals surface area (Å²) in [5.74, 6) is 3.83. The molecule has 0 aromatic carbocycles. The summed E-state index contributed by atoms with van der Waals surface area (Å²) in [6, 6.07) is 0. The van der Waals surface area contributed by atoms with Gasteiger partial charge in [0.05, 0.1) is 0 Å². The molecule has 62 valence electrons. The highest BCUT2D eigenvalue weighted by molar-refractivity contribution is 6.23. The Balaban J connectivity index is 1.91. The van der Waals surface area contributed by atoms with Gasteiger partial charge in [-0.25, -0.2) is 0 Å². The molecular weight excluding hydrogens is 156 g/mol. The second-order valence-corrected chi connectivity index (χ2v) is 5.79. The molecule has 4 rings (SSSR count). The Morgan fingerprint density at radius 1 is 1.27 bits per heavy atom. The van der Waals surface area contributed by atoms with Crippen LogP contribution in [0.4, 0.5) is 0 Å². The maximum absolute atomic E-state index is 6.21. The Morgan fingerprint density at radius 2 is 2.00 bits per heavy atom. The fourth-order valence-electron chi connectivity index (χ4n) is 3.60. The molecule has 0 N–H and O–H groups in total. The third-order valence-corrected chi connectivity index (χ3v) is 5.31. The van der Waals surface area contributed by atoms with Crippen LogP contribution < -0.4 is 0 Å². The van der Waals surface area contributed by atoms with Gasteiger partial charge >= 0.3 is 0 Å². The summed E-state index contributed by atoms with van der Waals surface area (Å²) in [7, 11) is 0. The summed E-state index contributed by atoms with van der Waals surface area (Å²) in [5.41, 5.74) is 0.644. The van der Waals surface area contributed by atoms with E-state index in [1.807, 2.05) is 0 Å². The zero-order valence-electron chi connectivity index (χ0n) is 7.18. The molecule has 2 bridgehead atoms. The average molecular weight is 171 g/mol. The van der Waals surface area contributed by atoms with Crippen LogP contribution in [-0.2, 0) is 0 Å². The molecule has 0 saturated heterocycles. The Hall–Kier alpha value is 0.290. The lowest BCUT2D eigenvalue weighted by Gasteiger charge is -2.56. The highest BCUT2D eigenvalue weighted by Crippen LogP contribution is 2.72. The van der Waals surface area contributed by atoms with Gasteiger partial charge in [0.2, 0.25) is 0 Å². The lowest BCUT2D eigenvalue weighted by atomic mass is 9.49. The van der Waals surface area contributed by atoms with Crippen LogP contribution in [0.1, 0.15) is 26.7 Å². The number of rotatable bonds is 0. The molecule has 5 atom stereocenters. The van der Waals surface area contributed by atoms with Crippen molar-refractivity contribution in [2.75, 3.05) is 0 Å². The zero-order chi connectivity index (χ0) is 7.80. The van der Waals surface area contributed by atoms with E-state index in [1.165, 1.54) is 12.8 Å². The van der Waals surface area contributed by atoms with Gasteiger partial charge in [-0.1, -0.05) is 13.8 Å². The van der Waals surface area contributed by atoms with Crippen molar-refractivity contribution < 1.29 is 0 Å². The van der Waals surface area contributed by atoms with Crippen LogP contribution in [0.2, 0.25) is 0 Å². The Kier molecular flexibility index (Phi) is 1.01. The van der Waals surface area contributed by atoms with Crippen molar-refractivity contribution in [3.63, 3.8) is 0 Å². The second kappa shape index (κ2) is 1.64. The van der Waals surface area contributed by atoms with E-state index in [0.29, 0.717) is 10.8 Å². The van der Waals surface area contributed by atoms with Crippen LogP contribution in [0, 0.1) is 29.1 Å². The van der Waals surface area contributed by atoms with E-state index in [1.54, 1.807) is 0 Å². The molecule has 4 aliphatic rings. The Labute approximate surface area is 73.3 Å². The molecule has 0 aromatic rings. The third-order valence-electron chi connectivity index (χ3n) is 4.70. The molecule has 0 nitrogen and oxygen atoms in total. The fraction of sp³-hybridized carbons (Fsp3) is 1.00. The highest BCUT2D eigenvalue weighted by Gasteiger charge is 2.68. The van der Waals surface area contributed by atoms with Gasteiger partial charge in [-0.15, -0.1) is 11.6 Å². The molecule has 4 fully saturated rings. The normalized spacial score (nSPS) is 63.0. The molecule has 4 saturated carbocycles. The molecule has 0 spiro atoms. The Morgan fingerprint density at radius 3 is 2.45 bits per heavy atom. The van der Waals surface area contributed by atoms with Crippen LogP contribution in [0.5, 0.6) is 0 Å².